The molecule has 0 radical (unpaired) electrons. The molecule has 1 aliphatic carbocycles. The van der Waals surface area contributed by atoms with Gasteiger partial charge in [0.05, 0.1) is 0 Å². The highest BCUT2D eigenvalue weighted by atomic mass is 16.4. The Kier molecular flexibility index (Phi) is 3.24. The van der Waals surface area contributed by atoms with Gasteiger partial charge in [-0.1, -0.05) is 43.3 Å². The van der Waals surface area contributed by atoms with E-state index in [9.17, 15) is 19.8 Å². The van der Waals surface area contributed by atoms with Crippen LogP contribution in [0.3, 0.4) is 0 Å². The van der Waals surface area contributed by atoms with Crippen LogP contribution in [0.25, 0.3) is 0 Å². The Morgan fingerprint density at radius 1 is 1.14 bits per heavy atom. The second-order valence-electron chi connectivity index (χ2n) is 5.57. The normalized spacial score (nSPS) is 23.3. The number of carbonyl (C=O) groups excluding carboxylic acids is 1. The van der Waals surface area contributed by atoms with Gasteiger partial charge in [-0.3, -0.25) is 9.59 Å². The summed E-state index contributed by atoms with van der Waals surface area (Å²) in [5.74, 6) is -1.87. The zero-order chi connectivity index (χ0) is 15.9. The van der Waals surface area contributed by atoms with Gasteiger partial charge in [0.2, 0.25) is 0 Å². The van der Waals surface area contributed by atoms with Crippen LogP contribution in [-0.4, -0.2) is 22.0 Å². The Bertz CT molecular complexity index is 748. The summed E-state index contributed by atoms with van der Waals surface area (Å²) in [6.07, 6.45) is 0.210. The van der Waals surface area contributed by atoms with Crippen molar-refractivity contribution in [2.45, 2.75) is 19.3 Å². The zero-order valence-electron chi connectivity index (χ0n) is 12.1. The van der Waals surface area contributed by atoms with Gasteiger partial charge in [0, 0.05) is 11.5 Å². The summed E-state index contributed by atoms with van der Waals surface area (Å²) in [6, 6.07) is 13.5. The maximum atomic E-state index is 12.8. The number of hydrogen-bond acceptors (Lipinski definition) is 3. The van der Waals surface area contributed by atoms with Crippen LogP contribution in [0.2, 0.25) is 0 Å². The van der Waals surface area contributed by atoms with E-state index in [1.54, 1.807) is 31.2 Å². The lowest BCUT2D eigenvalue weighted by Gasteiger charge is -2.29. The minimum Gasteiger partial charge on any atom is -0.508 e. The molecule has 112 valence electrons. The Hall–Kier alpha value is -2.62. The average molecular weight is 296 g/mol. The molecule has 2 unspecified atom stereocenters. The summed E-state index contributed by atoms with van der Waals surface area (Å²) in [5, 5.41) is 19.3. The van der Waals surface area contributed by atoms with Crippen LogP contribution in [0.4, 0.5) is 0 Å². The van der Waals surface area contributed by atoms with Gasteiger partial charge in [-0.25, -0.2) is 0 Å². The molecule has 0 fully saturated rings. The van der Waals surface area contributed by atoms with E-state index in [0.29, 0.717) is 5.56 Å². The number of phenolic OH excluding ortho intramolecular Hbond substituents is 1. The van der Waals surface area contributed by atoms with Crippen LogP contribution in [-0.2, 0) is 4.79 Å². The van der Waals surface area contributed by atoms with Gasteiger partial charge < -0.3 is 10.2 Å². The van der Waals surface area contributed by atoms with Gasteiger partial charge in [-0.15, -0.1) is 0 Å². The third-order valence-electron chi connectivity index (χ3n) is 4.58. The Morgan fingerprint density at radius 2 is 1.77 bits per heavy atom. The van der Waals surface area contributed by atoms with Crippen LogP contribution in [0.5, 0.6) is 5.75 Å². The lowest BCUT2D eigenvalue weighted by atomic mass is 9.70. The average Bonchev–Trinajstić information content (AvgIpc) is 2.78. The molecule has 1 aliphatic rings. The highest BCUT2D eigenvalue weighted by molar-refractivity contribution is 6.17. The van der Waals surface area contributed by atoms with Crippen molar-refractivity contribution in [3.63, 3.8) is 0 Å². The Morgan fingerprint density at radius 3 is 2.36 bits per heavy atom. The van der Waals surface area contributed by atoms with Gasteiger partial charge in [0.1, 0.15) is 11.2 Å². The van der Waals surface area contributed by atoms with Gasteiger partial charge in [-0.05, 0) is 29.7 Å². The summed E-state index contributed by atoms with van der Waals surface area (Å²) in [5.41, 5.74) is 0.452. The van der Waals surface area contributed by atoms with Gasteiger partial charge >= 0.3 is 5.97 Å². The van der Waals surface area contributed by atoms with Crippen molar-refractivity contribution in [1.29, 1.82) is 0 Å². The molecule has 4 heteroatoms. The summed E-state index contributed by atoms with van der Waals surface area (Å²) < 4.78 is 0. The lowest BCUT2D eigenvalue weighted by Crippen LogP contribution is -2.39. The van der Waals surface area contributed by atoms with Crippen LogP contribution in [0.1, 0.15) is 40.7 Å². The van der Waals surface area contributed by atoms with Crippen LogP contribution >= 0.6 is 0 Å². The SMILES string of the molecule is CCC1(C(=O)O)C(=O)c2ccccc2C1c1ccc(O)cc1. The minimum atomic E-state index is -1.49. The number of carboxylic acid groups (broad SMARTS) is 1. The molecule has 0 heterocycles. The van der Waals surface area contributed by atoms with Crippen molar-refractivity contribution in [1.82, 2.24) is 0 Å². The molecule has 0 saturated heterocycles. The molecule has 0 aliphatic heterocycles. The Balaban J connectivity index is 2.28. The fourth-order valence-corrected chi connectivity index (χ4v) is 3.46. The quantitative estimate of drug-likeness (QED) is 0.853. The molecule has 0 bridgehead atoms. The molecule has 2 N–H and O–H groups in total. The number of rotatable bonds is 3. The third kappa shape index (κ3) is 1.77. The van der Waals surface area contributed by atoms with E-state index in [-0.39, 0.29) is 18.0 Å². The smallest absolute Gasteiger partial charge is 0.318 e. The minimum absolute atomic E-state index is 0.110. The number of carboxylic acids is 1. The summed E-state index contributed by atoms with van der Waals surface area (Å²) in [6.45, 7) is 1.73. The topological polar surface area (TPSA) is 74.6 Å². The summed E-state index contributed by atoms with van der Waals surface area (Å²) in [7, 11) is 0. The second-order valence-corrected chi connectivity index (χ2v) is 5.57. The molecule has 0 spiro atoms. The molecule has 0 amide bonds. The number of aromatic hydroxyl groups is 1. The van der Waals surface area contributed by atoms with E-state index in [4.69, 9.17) is 0 Å². The molecular weight excluding hydrogens is 280 g/mol. The van der Waals surface area contributed by atoms with Crippen molar-refractivity contribution in [3.8, 4) is 5.75 Å². The Labute approximate surface area is 128 Å². The van der Waals surface area contributed by atoms with E-state index in [1.807, 2.05) is 12.1 Å². The number of benzene rings is 2. The van der Waals surface area contributed by atoms with Crippen molar-refractivity contribution in [3.05, 3.63) is 65.2 Å². The van der Waals surface area contributed by atoms with Gasteiger partial charge in [0.15, 0.2) is 5.78 Å². The number of carbonyl (C=O) groups is 2. The van der Waals surface area contributed by atoms with E-state index in [2.05, 4.69) is 0 Å². The molecule has 22 heavy (non-hydrogen) atoms. The third-order valence-corrected chi connectivity index (χ3v) is 4.58. The number of Topliss-reactive ketones (excluding diaryl/α,β-unsaturated/α-hetero) is 1. The van der Waals surface area contributed by atoms with E-state index in [1.165, 1.54) is 12.1 Å². The number of fused-ring (bicyclic) bond motifs is 1. The van der Waals surface area contributed by atoms with Crippen molar-refractivity contribution in [2.75, 3.05) is 0 Å². The molecule has 0 aromatic heterocycles. The van der Waals surface area contributed by atoms with E-state index >= 15 is 0 Å². The van der Waals surface area contributed by atoms with Crippen molar-refractivity contribution < 1.29 is 19.8 Å². The number of aliphatic carboxylic acids is 1. The predicted octanol–water partition coefficient (Wildman–Crippen LogP) is 3.20. The molecule has 2 aromatic rings. The van der Waals surface area contributed by atoms with Gasteiger partial charge in [-0.2, -0.15) is 0 Å². The molecule has 0 saturated carbocycles. The first kappa shape index (κ1) is 14.3. The maximum absolute atomic E-state index is 12.8. The number of hydrogen-bond donors (Lipinski definition) is 2. The highest BCUT2D eigenvalue weighted by Crippen LogP contribution is 2.52. The first-order valence-corrected chi connectivity index (χ1v) is 7.18. The van der Waals surface area contributed by atoms with Crippen LogP contribution in [0, 0.1) is 5.41 Å². The predicted molar refractivity (Wildman–Crippen MR) is 81.1 cm³/mol. The zero-order valence-corrected chi connectivity index (χ0v) is 12.1. The van der Waals surface area contributed by atoms with Gasteiger partial charge in [0.25, 0.3) is 0 Å². The highest BCUT2D eigenvalue weighted by Gasteiger charge is 2.57. The van der Waals surface area contributed by atoms with Crippen molar-refractivity contribution >= 4 is 11.8 Å². The molecule has 4 nitrogen and oxygen atoms in total. The first-order chi connectivity index (χ1) is 10.5. The maximum Gasteiger partial charge on any atom is 0.318 e. The fraction of sp³-hybridized carbons (Fsp3) is 0.222. The molecular formula is C18H16O4. The lowest BCUT2D eigenvalue weighted by molar-refractivity contribution is -0.146. The van der Waals surface area contributed by atoms with E-state index < -0.39 is 17.3 Å². The van der Waals surface area contributed by atoms with Crippen LogP contribution < -0.4 is 0 Å². The summed E-state index contributed by atoms with van der Waals surface area (Å²) in [4.78, 5) is 24.8. The largest absolute Gasteiger partial charge is 0.508 e. The molecule has 3 rings (SSSR count). The number of phenols is 1. The fourth-order valence-electron chi connectivity index (χ4n) is 3.46. The second kappa shape index (κ2) is 4.98. The number of ketones is 1. The van der Waals surface area contributed by atoms with E-state index in [0.717, 1.165) is 11.1 Å². The van der Waals surface area contributed by atoms with Crippen LogP contribution in [0.15, 0.2) is 48.5 Å². The van der Waals surface area contributed by atoms with Crippen molar-refractivity contribution in [2.24, 2.45) is 5.41 Å². The molecule has 2 aromatic carbocycles. The summed E-state index contributed by atoms with van der Waals surface area (Å²) >= 11 is 0. The monoisotopic (exact) mass is 296 g/mol. The molecule has 2 atom stereocenters. The first-order valence-electron chi connectivity index (χ1n) is 7.18. The standard InChI is InChI=1S/C18H16O4/c1-2-18(17(21)22)15(11-7-9-12(19)10-8-11)13-5-3-4-6-14(13)16(18)20/h3-10,15,19H,2H2,1H3,(H,21,22).